The third kappa shape index (κ3) is 12.6. The summed E-state index contributed by atoms with van der Waals surface area (Å²) < 4.78 is 0. The lowest BCUT2D eigenvalue weighted by Crippen LogP contribution is -2.25. The number of nitrogens with zero attached hydrogens (tertiary/aromatic N) is 3. The van der Waals surface area contributed by atoms with Gasteiger partial charge in [0, 0.05) is 57.6 Å². The Morgan fingerprint density at radius 3 is 1.03 bits per heavy atom. The standard InChI is InChI=1S/2C19H19N.C15H17N.4CH4/c1-15(2)20(17-11-4-3-5-12-17)19-14-8-10-16-9-6-7-13-18(16)19;1-15(2)20(18-10-4-3-5-11-18)19-13-12-16-8-6-7-9-17(16)14-19;1-13(2)16(14-9-5-3-6-10-14)15-11-7-4-8-12-15;;;;/h2*3-15H,1-2H3;3-13H,1-2H3;4*1H4. The largest absolute Gasteiger partial charge is 0.339 e. The second-order valence-electron chi connectivity index (χ2n) is 14.8. The number of fused-ring (bicyclic) bond motifs is 2. The average molecular weight is 798 g/mol. The molecular weight excluding hydrogens is 727 g/mol. The Labute approximate surface area is 364 Å². The molecule has 8 aromatic carbocycles. The maximum absolute atomic E-state index is 2.39. The fourth-order valence-corrected chi connectivity index (χ4v) is 7.31. The van der Waals surface area contributed by atoms with E-state index in [1.807, 2.05) is 12.1 Å². The van der Waals surface area contributed by atoms with Crippen molar-refractivity contribution < 1.29 is 0 Å². The van der Waals surface area contributed by atoms with Crippen LogP contribution in [0.3, 0.4) is 0 Å². The minimum Gasteiger partial charge on any atom is -0.339 e. The molecule has 0 aliphatic carbocycles. The van der Waals surface area contributed by atoms with Crippen LogP contribution in [0, 0.1) is 0 Å². The Morgan fingerprint density at radius 2 is 0.600 bits per heavy atom. The Morgan fingerprint density at radius 1 is 0.267 bits per heavy atom. The zero-order chi connectivity index (χ0) is 39.3. The molecule has 8 rings (SSSR count). The van der Waals surface area contributed by atoms with Crippen LogP contribution in [0.2, 0.25) is 0 Å². The normalized spacial score (nSPS) is 10.1. The van der Waals surface area contributed by atoms with Crippen LogP contribution in [0.4, 0.5) is 34.1 Å². The first kappa shape index (κ1) is 49.8. The average Bonchev–Trinajstić information content (AvgIpc) is 3.23. The third-order valence-corrected chi connectivity index (χ3v) is 9.72. The van der Waals surface area contributed by atoms with Gasteiger partial charge in [-0.1, -0.05) is 169 Å². The van der Waals surface area contributed by atoms with Crippen LogP contribution in [0.15, 0.2) is 206 Å². The molecule has 0 atom stereocenters. The van der Waals surface area contributed by atoms with E-state index in [9.17, 15) is 0 Å². The van der Waals surface area contributed by atoms with Gasteiger partial charge < -0.3 is 14.7 Å². The molecule has 314 valence electrons. The van der Waals surface area contributed by atoms with E-state index in [1.54, 1.807) is 0 Å². The number of hydrogen-bond donors (Lipinski definition) is 0. The highest BCUT2D eigenvalue weighted by Crippen LogP contribution is 2.34. The van der Waals surface area contributed by atoms with Gasteiger partial charge in [0.05, 0.1) is 0 Å². The molecule has 0 saturated heterocycles. The third-order valence-electron chi connectivity index (χ3n) is 9.72. The number of anilines is 6. The summed E-state index contributed by atoms with van der Waals surface area (Å²) in [6.45, 7) is 13.3. The van der Waals surface area contributed by atoms with Crippen LogP contribution in [0.5, 0.6) is 0 Å². The second-order valence-corrected chi connectivity index (χ2v) is 14.8. The second kappa shape index (κ2) is 24.6. The van der Waals surface area contributed by atoms with E-state index < -0.39 is 0 Å². The number of hydrogen-bond acceptors (Lipinski definition) is 3. The molecule has 0 spiro atoms. The first-order valence-electron chi connectivity index (χ1n) is 19.9. The molecule has 0 aliphatic heterocycles. The fourth-order valence-electron chi connectivity index (χ4n) is 7.31. The molecule has 0 unspecified atom stereocenters. The van der Waals surface area contributed by atoms with Gasteiger partial charge in [-0.25, -0.2) is 0 Å². The Balaban J connectivity index is 0.000000302. The summed E-state index contributed by atoms with van der Waals surface area (Å²) in [5.41, 5.74) is 7.46. The highest BCUT2D eigenvalue weighted by molar-refractivity contribution is 5.96. The lowest BCUT2D eigenvalue weighted by atomic mass is 10.1. The molecule has 0 fully saturated rings. The van der Waals surface area contributed by atoms with Crippen LogP contribution >= 0.6 is 0 Å². The maximum atomic E-state index is 2.39. The molecule has 0 bridgehead atoms. The van der Waals surface area contributed by atoms with Gasteiger partial charge in [0.1, 0.15) is 0 Å². The predicted molar refractivity (Wildman–Crippen MR) is 272 cm³/mol. The minimum absolute atomic E-state index is 0. The molecule has 0 heterocycles. The van der Waals surface area contributed by atoms with Gasteiger partial charge in [0.2, 0.25) is 0 Å². The van der Waals surface area contributed by atoms with Gasteiger partial charge in [-0.15, -0.1) is 0 Å². The highest BCUT2D eigenvalue weighted by atomic mass is 15.2. The molecule has 3 nitrogen and oxygen atoms in total. The van der Waals surface area contributed by atoms with Crippen molar-refractivity contribution in [1.82, 2.24) is 0 Å². The summed E-state index contributed by atoms with van der Waals surface area (Å²) >= 11 is 0. The van der Waals surface area contributed by atoms with Crippen molar-refractivity contribution in [2.24, 2.45) is 0 Å². The van der Waals surface area contributed by atoms with E-state index >= 15 is 0 Å². The van der Waals surface area contributed by atoms with E-state index in [4.69, 9.17) is 0 Å². The van der Waals surface area contributed by atoms with Crippen molar-refractivity contribution in [1.29, 1.82) is 0 Å². The topological polar surface area (TPSA) is 9.72 Å². The molecule has 60 heavy (non-hydrogen) atoms. The highest BCUT2D eigenvalue weighted by Gasteiger charge is 2.16. The van der Waals surface area contributed by atoms with Gasteiger partial charge in [0.15, 0.2) is 0 Å². The summed E-state index contributed by atoms with van der Waals surface area (Å²) in [7, 11) is 0. The SMILES string of the molecule is C.C.C.C.CC(C)N(c1ccccc1)c1ccc2ccccc2c1.CC(C)N(c1ccccc1)c1cccc2ccccc12.CC(C)N(c1ccccc1)c1ccccc1. The van der Waals surface area contributed by atoms with Gasteiger partial charge in [-0.05, 0) is 124 Å². The first-order chi connectivity index (χ1) is 27.3. The molecular formula is C57H71N3. The summed E-state index contributed by atoms with van der Waals surface area (Å²) in [6.07, 6.45) is 0. The van der Waals surface area contributed by atoms with E-state index in [0.29, 0.717) is 18.1 Å². The summed E-state index contributed by atoms with van der Waals surface area (Å²) in [5, 5.41) is 5.15. The van der Waals surface area contributed by atoms with Crippen molar-refractivity contribution in [2.45, 2.75) is 89.4 Å². The molecule has 0 aliphatic rings. The van der Waals surface area contributed by atoms with Gasteiger partial charge in [-0.2, -0.15) is 0 Å². The molecule has 0 amide bonds. The Kier molecular flexibility index (Phi) is 20.4. The zero-order valence-corrected chi connectivity index (χ0v) is 33.7. The van der Waals surface area contributed by atoms with Crippen molar-refractivity contribution >= 4 is 55.7 Å². The smallest absolute Gasteiger partial charge is 0.0492 e. The Bertz CT molecular complexity index is 2300. The summed E-state index contributed by atoms with van der Waals surface area (Å²) in [5.74, 6) is 0. The monoisotopic (exact) mass is 798 g/mol. The number of rotatable bonds is 9. The van der Waals surface area contributed by atoms with Gasteiger partial charge >= 0.3 is 0 Å². The van der Waals surface area contributed by atoms with Gasteiger partial charge in [0.25, 0.3) is 0 Å². The molecule has 0 radical (unpaired) electrons. The first-order valence-corrected chi connectivity index (χ1v) is 19.9. The van der Waals surface area contributed by atoms with Crippen LogP contribution in [0.25, 0.3) is 21.5 Å². The lowest BCUT2D eigenvalue weighted by Gasteiger charge is -2.30. The Hall–Kier alpha value is -6.32. The molecule has 3 heteroatoms. The van der Waals surface area contributed by atoms with Crippen LogP contribution in [-0.4, -0.2) is 18.1 Å². The summed E-state index contributed by atoms with van der Waals surface area (Å²) in [6, 6.07) is 73.6. The van der Waals surface area contributed by atoms with Crippen molar-refractivity contribution in [2.75, 3.05) is 14.7 Å². The van der Waals surface area contributed by atoms with Crippen molar-refractivity contribution in [3.05, 3.63) is 206 Å². The lowest BCUT2D eigenvalue weighted by molar-refractivity contribution is 0.789. The van der Waals surface area contributed by atoms with E-state index in [2.05, 4.69) is 250 Å². The number of para-hydroxylation sites is 4. The van der Waals surface area contributed by atoms with Crippen LogP contribution in [0.1, 0.15) is 71.2 Å². The fraction of sp³-hybridized carbons (Fsp3) is 0.228. The molecule has 0 aromatic heterocycles. The van der Waals surface area contributed by atoms with Crippen LogP contribution < -0.4 is 14.7 Å². The zero-order valence-electron chi connectivity index (χ0n) is 33.7. The van der Waals surface area contributed by atoms with Gasteiger partial charge in [-0.3, -0.25) is 0 Å². The van der Waals surface area contributed by atoms with Crippen molar-refractivity contribution in [3.8, 4) is 0 Å². The van der Waals surface area contributed by atoms with E-state index in [0.717, 1.165) is 0 Å². The quantitative estimate of drug-likeness (QED) is 0.144. The van der Waals surface area contributed by atoms with E-state index in [1.165, 1.54) is 55.7 Å². The predicted octanol–water partition coefficient (Wildman–Crippen LogP) is 17.6. The molecule has 0 N–H and O–H groups in total. The molecule has 8 aromatic rings. The summed E-state index contributed by atoms with van der Waals surface area (Å²) in [4.78, 5) is 7.09. The number of benzene rings is 8. The molecule has 0 saturated carbocycles. The van der Waals surface area contributed by atoms with Crippen LogP contribution in [-0.2, 0) is 0 Å². The minimum atomic E-state index is 0. The maximum Gasteiger partial charge on any atom is 0.0492 e. The van der Waals surface area contributed by atoms with E-state index in [-0.39, 0.29) is 29.7 Å². The van der Waals surface area contributed by atoms with Crippen molar-refractivity contribution in [3.63, 3.8) is 0 Å².